The maximum absolute atomic E-state index is 11.9. The molecule has 0 saturated carbocycles. The largest absolute Gasteiger partial charge is 0.365 e. The third-order valence-corrected chi connectivity index (χ3v) is 6.02. The molecule has 7 heteroatoms. The number of benzene rings is 1. The molecular formula is C21H22N4O2S. The molecule has 0 aliphatic carbocycles. The lowest BCUT2D eigenvalue weighted by Crippen LogP contribution is -2.30. The van der Waals surface area contributed by atoms with E-state index in [2.05, 4.69) is 44.5 Å². The second-order valence-electron chi connectivity index (χ2n) is 6.94. The molecule has 4 rings (SSSR count). The van der Waals surface area contributed by atoms with Gasteiger partial charge in [-0.15, -0.1) is 0 Å². The molecule has 0 spiro atoms. The van der Waals surface area contributed by atoms with E-state index in [0.717, 1.165) is 30.9 Å². The fraction of sp³-hybridized carbons (Fsp3) is 0.238. The highest BCUT2D eigenvalue weighted by Crippen LogP contribution is 2.23. The molecular weight excluding hydrogens is 372 g/mol. The smallest absolute Gasteiger partial charge is 0.179 e. The van der Waals surface area contributed by atoms with E-state index < -0.39 is 9.84 Å². The van der Waals surface area contributed by atoms with Crippen LogP contribution in [0.1, 0.15) is 16.7 Å². The quantitative estimate of drug-likeness (QED) is 0.717. The molecule has 0 atom stereocenters. The Hall–Kier alpha value is -2.93. The number of pyridine rings is 2. The number of hydrogen-bond acceptors (Lipinski definition) is 6. The molecule has 3 aromatic rings. The van der Waals surface area contributed by atoms with E-state index in [0.29, 0.717) is 12.4 Å². The van der Waals surface area contributed by atoms with E-state index >= 15 is 0 Å². The number of fused-ring (bicyclic) bond motifs is 1. The zero-order valence-corrected chi connectivity index (χ0v) is 16.5. The molecule has 1 aliphatic heterocycles. The van der Waals surface area contributed by atoms with Crippen molar-refractivity contribution >= 4 is 21.5 Å². The van der Waals surface area contributed by atoms with Crippen LogP contribution in [0.15, 0.2) is 65.8 Å². The van der Waals surface area contributed by atoms with Gasteiger partial charge in [-0.2, -0.15) is 0 Å². The predicted molar refractivity (Wildman–Crippen MR) is 110 cm³/mol. The fourth-order valence-corrected chi connectivity index (χ4v) is 4.21. The monoisotopic (exact) mass is 394 g/mol. The number of rotatable bonds is 5. The molecule has 1 aromatic carbocycles. The zero-order chi connectivity index (χ0) is 19.6. The zero-order valence-electron chi connectivity index (χ0n) is 15.7. The summed E-state index contributed by atoms with van der Waals surface area (Å²) in [5.41, 5.74) is 3.73. The van der Waals surface area contributed by atoms with E-state index in [9.17, 15) is 8.42 Å². The minimum absolute atomic E-state index is 0.201. The van der Waals surface area contributed by atoms with Gasteiger partial charge in [-0.1, -0.05) is 30.3 Å². The van der Waals surface area contributed by atoms with Gasteiger partial charge in [0.05, 0.1) is 0 Å². The molecule has 0 bridgehead atoms. The lowest BCUT2D eigenvalue weighted by Gasteiger charge is -2.29. The van der Waals surface area contributed by atoms with E-state index in [-0.39, 0.29) is 4.90 Å². The summed E-state index contributed by atoms with van der Waals surface area (Å²) in [6, 6.07) is 15.7. The number of anilines is 2. The first-order chi connectivity index (χ1) is 13.5. The highest BCUT2D eigenvalue weighted by Gasteiger charge is 2.17. The van der Waals surface area contributed by atoms with Gasteiger partial charge < -0.3 is 10.2 Å². The van der Waals surface area contributed by atoms with Crippen LogP contribution in [0.5, 0.6) is 0 Å². The van der Waals surface area contributed by atoms with Crippen molar-refractivity contribution in [2.24, 2.45) is 0 Å². The van der Waals surface area contributed by atoms with Crippen LogP contribution < -0.4 is 10.2 Å². The van der Waals surface area contributed by atoms with Crippen LogP contribution in [0, 0.1) is 0 Å². The summed E-state index contributed by atoms with van der Waals surface area (Å²) in [4.78, 5) is 11.2. The Labute approximate surface area is 165 Å². The number of hydrogen-bond donors (Lipinski definition) is 1. The number of nitrogens with zero attached hydrogens (tertiary/aromatic N) is 3. The fourth-order valence-electron chi connectivity index (χ4n) is 3.41. The number of nitrogens with one attached hydrogen (secondary N) is 1. The van der Waals surface area contributed by atoms with Gasteiger partial charge in [-0.25, -0.2) is 18.4 Å². The lowest BCUT2D eigenvalue weighted by atomic mass is 10.00. The normalized spacial score (nSPS) is 13.8. The van der Waals surface area contributed by atoms with Crippen molar-refractivity contribution < 1.29 is 8.42 Å². The van der Waals surface area contributed by atoms with Crippen molar-refractivity contribution in [2.75, 3.05) is 23.0 Å². The second kappa shape index (κ2) is 7.59. The van der Waals surface area contributed by atoms with Crippen LogP contribution in [0.4, 0.5) is 11.6 Å². The molecule has 28 heavy (non-hydrogen) atoms. The van der Waals surface area contributed by atoms with Gasteiger partial charge >= 0.3 is 0 Å². The van der Waals surface area contributed by atoms with Crippen molar-refractivity contribution in [3.8, 4) is 0 Å². The summed E-state index contributed by atoms with van der Waals surface area (Å²) in [5.74, 6) is 1.31. The van der Waals surface area contributed by atoms with Crippen LogP contribution in [0.3, 0.4) is 0 Å². The van der Waals surface area contributed by atoms with Crippen LogP contribution in [-0.4, -0.2) is 31.2 Å². The van der Waals surface area contributed by atoms with E-state index in [1.807, 2.05) is 18.3 Å². The summed E-state index contributed by atoms with van der Waals surface area (Å²) in [7, 11) is -3.33. The van der Waals surface area contributed by atoms with Gasteiger partial charge in [0.15, 0.2) is 9.84 Å². The minimum Gasteiger partial charge on any atom is -0.365 e. The van der Waals surface area contributed by atoms with Gasteiger partial charge in [0, 0.05) is 38.3 Å². The molecule has 0 amide bonds. The molecule has 0 radical (unpaired) electrons. The van der Waals surface area contributed by atoms with E-state index in [4.69, 9.17) is 0 Å². The highest BCUT2D eigenvalue weighted by atomic mass is 32.2. The molecule has 0 unspecified atom stereocenters. The van der Waals surface area contributed by atoms with E-state index in [1.54, 1.807) is 18.3 Å². The van der Waals surface area contributed by atoms with Crippen molar-refractivity contribution in [3.05, 3.63) is 77.6 Å². The Morgan fingerprint density at radius 3 is 2.61 bits per heavy atom. The number of aromatic nitrogens is 2. The first-order valence-corrected chi connectivity index (χ1v) is 11.1. The standard InChI is InChI=1S/C21H22N4O2S/c1-28(26,27)19-7-4-11-22-21(19)24-14-16-8-9-20(23-13-16)25-12-10-17-5-2-3-6-18(17)15-25/h2-9,11,13H,10,12,14-15H2,1H3,(H,22,24). The van der Waals surface area contributed by atoms with Crippen LogP contribution in [0.25, 0.3) is 0 Å². The number of sulfone groups is 1. The molecule has 1 aliphatic rings. The Morgan fingerprint density at radius 2 is 1.86 bits per heavy atom. The van der Waals surface area contributed by atoms with Crippen LogP contribution in [-0.2, 0) is 29.3 Å². The van der Waals surface area contributed by atoms with E-state index in [1.165, 1.54) is 17.4 Å². The molecule has 2 aromatic heterocycles. The van der Waals surface area contributed by atoms with Crippen molar-refractivity contribution in [2.45, 2.75) is 24.4 Å². The topological polar surface area (TPSA) is 75.2 Å². The maximum atomic E-state index is 11.9. The Balaban J connectivity index is 1.44. The molecule has 6 nitrogen and oxygen atoms in total. The van der Waals surface area contributed by atoms with Gasteiger partial charge in [-0.3, -0.25) is 0 Å². The minimum atomic E-state index is -3.33. The third-order valence-electron chi connectivity index (χ3n) is 4.89. The molecule has 3 heterocycles. The summed E-state index contributed by atoms with van der Waals surface area (Å²) >= 11 is 0. The SMILES string of the molecule is CS(=O)(=O)c1cccnc1NCc1ccc(N2CCc3ccccc3C2)nc1. The van der Waals surface area contributed by atoms with Gasteiger partial charge in [0.25, 0.3) is 0 Å². The lowest BCUT2D eigenvalue weighted by molar-refractivity contribution is 0.601. The average molecular weight is 395 g/mol. The molecule has 1 N–H and O–H groups in total. The summed E-state index contributed by atoms with van der Waals surface area (Å²) < 4.78 is 23.7. The van der Waals surface area contributed by atoms with Crippen LogP contribution >= 0.6 is 0 Å². The Bertz CT molecular complexity index is 1080. The summed E-state index contributed by atoms with van der Waals surface area (Å²) in [5, 5.41) is 3.10. The molecule has 0 fully saturated rings. The third kappa shape index (κ3) is 3.99. The van der Waals surface area contributed by atoms with Crippen molar-refractivity contribution in [1.82, 2.24) is 9.97 Å². The Kier molecular flexibility index (Phi) is 5.00. The average Bonchev–Trinajstić information content (AvgIpc) is 2.72. The second-order valence-corrected chi connectivity index (χ2v) is 8.92. The van der Waals surface area contributed by atoms with Gasteiger partial charge in [-0.05, 0) is 41.3 Å². The predicted octanol–water partition coefficient (Wildman–Crippen LogP) is 3.05. The van der Waals surface area contributed by atoms with Gasteiger partial charge in [0.1, 0.15) is 16.5 Å². The maximum Gasteiger partial charge on any atom is 0.179 e. The van der Waals surface area contributed by atoms with Crippen molar-refractivity contribution in [1.29, 1.82) is 0 Å². The first-order valence-electron chi connectivity index (χ1n) is 9.16. The molecule has 144 valence electrons. The highest BCUT2D eigenvalue weighted by molar-refractivity contribution is 7.90. The van der Waals surface area contributed by atoms with Crippen molar-refractivity contribution in [3.63, 3.8) is 0 Å². The molecule has 0 saturated heterocycles. The Morgan fingerprint density at radius 1 is 1.04 bits per heavy atom. The van der Waals surface area contributed by atoms with Crippen LogP contribution in [0.2, 0.25) is 0 Å². The summed E-state index contributed by atoms with van der Waals surface area (Å²) in [6.07, 6.45) is 5.61. The summed E-state index contributed by atoms with van der Waals surface area (Å²) in [6.45, 7) is 2.27. The first kappa shape index (κ1) is 18.4. The van der Waals surface area contributed by atoms with Gasteiger partial charge in [0.2, 0.25) is 0 Å².